The van der Waals surface area contributed by atoms with E-state index in [0.717, 1.165) is 33.8 Å². The molecule has 1 saturated heterocycles. The minimum atomic E-state index is -1.08. The number of carboxylic acids is 1. The lowest BCUT2D eigenvalue weighted by Gasteiger charge is -2.32. The quantitative estimate of drug-likeness (QED) is 0.419. The highest BCUT2D eigenvalue weighted by atomic mass is 32.2. The Morgan fingerprint density at radius 2 is 1.63 bits per heavy atom. The van der Waals surface area contributed by atoms with Crippen molar-refractivity contribution in [2.45, 2.75) is 43.2 Å². The van der Waals surface area contributed by atoms with E-state index in [1.54, 1.807) is 11.8 Å². The van der Waals surface area contributed by atoms with Crippen LogP contribution in [0.15, 0.2) is 48.5 Å². The number of alkyl carbamates (subject to hydrolysis) is 1. The van der Waals surface area contributed by atoms with Crippen LogP contribution in [0.25, 0.3) is 11.1 Å². The molecule has 0 aromatic heterocycles. The second-order valence-electron chi connectivity index (χ2n) is 9.01. The number of hydrogen-bond donors (Lipinski definition) is 4. The minimum absolute atomic E-state index is 0.0579. The molecule has 1 fully saturated rings. The predicted octanol–water partition coefficient (Wildman–Crippen LogP) is 3.13. The van der Waals surface area contributed by atoms with E-state index in [0.29, 0.717) is 12.8 Å². The SMILES string of the molecule is O=C(O)CCC(NC(=O)OCC1c2ccccc2-c2ccccc21)C(=O)NCC1(O)CCSCC1. The number of carbonyl (C=O) groups excluding carboxylic acids is 2. The van der Waals surface area contributed by atoms with Gasteiger partial charge in [0.15, 0.2) is 0 Å². The molecule has 0 saturated carbocycles. The number of benzene rings is 2. The second-order valence-corrected chi connectivity index (χ2v) is 10.2. The maximum atomic E-state index is 12.8. The molecule has 1 atom stereocenters. The zero-order chi connectivity index (χ0) is 24.8. The van der Waals surface area contributed by atoms with Gasteiger partial charge in [0.1, 0.15) is 12.6 Å². The summed E-state index contributed by atoms with van der Waals surface area (Å²) in [6, 6.07) is 14.9. The lowest BCUT2D eigenvalue weighted by atomic mass is 9.96. The first kappa shape index (κ1) is 25.1. The number of aliphatic hydroxyl groups is 1. The lowest BCUT2D eigenvalue weighted by molar-refractivity contribution is -0.137. The van der Waals surface area contributed by atoms with Gasteiger partial charge in [0.05, 0.1) is 5.60 Å². The van der Waals surface area contributed by atoms with Crippen LogP contribution in [-0.2, 0) is 14.3 Å². The Balaban J connectivity index is 1.37. The van der Waals surface area contributed by atoms with Crippen molar-refractivity contribution in [3.8, 4) is 11.1 Å². The third-order valence-electron chi connectivity index (χ3n) is 6.61. The van der Waals surface area contributed by atoms with Crippen LogP contribution in [0.1, 0.15) is 42.7 Å². The van der Waals surface area contributed by atoms with E-state index in [9.17, 15) is 19.5 Å². The molecular weight excluding hydrogens is 468 g/mol. The van der Waals surface area contributed by atoms with Gasteiger partial charge in [0.2, 0.25) is 5.91 Å². The number of amides is 2. The molecule has 2 aromatic carbocycles. The molecule has 2 aliphatic rings. The summed E-state index contributed by atoms with van der Waals surface area (Å²) in [5.41, 5.74) is 3.37. The molecule has 1 unspecified atom stereocenters. The highest BCUT2D eigenvalue weighted by molar-refractivity contribution is 7.99. The Morgan fingerprint density at radius 1 is 1.03 bits per heavy atom. The number of thioether (sulfide) groups is 1. The normalized spacial score (nSPS) is 17.1. The molecule has 9 heteroatoms. The molecule has 2 amide bonds. The number of carboxylic acid groups (broad SMARTS) is 1. The summed E-state index contributed by atoms with van der Waals surface area (Å²) in [6.07, 6.45) is -0.0256. The van der Waals surface area contributed by atoms with E-state index < -0.39 is 29.6 Å². The van der Waals surface area contributed by atoms with Gasteiger partial charge >= 0.3 is 12.1 Å². The van der Waals surface area contributed by atoms with Crippen LogP contribution in [0.3, 0.4) is 0 Å². The van der Waals surface area contributed by atoms with Gasteiger partial charge in [-0.3, -0.25) is 9.59 Å². The molecule has 35 heavy (non-hydrogen) atoms. The van der Waals surface area contributed by atoms with E-state index in [-0.39, 0.29) is 31.9 Å². The van der Waals surface area contributed by atoms with Gasteiger partial charge in [-0.25, -0.2) is 4.79 Å². The standard InChI is InChI=1S/C26H30N2O6S/c29-23(30)10-9-22(24(31)27-16-26(33)11-13-35-14-12-26)28-25(32)34-15-21-19-7-3-1-5-17(19)18-6-2-4-8-20(18)21/h1-8,21-22,33H,9-16H2,(H,27,31)(H,28,32)(H,29,30). The summed E-state index contributed by atoms with van der Waals surface area (Å²) in [4.78, 5) is 36.5. The molecule has 0 bridgehead atoms. The zero-order valence-corrected chi connectivity index (χ0v) is 20.2. The summed E-state index contributed by atoms with van der Waals surface area (Å²) in [5, 5.41) is 24.9. The van der Waals surface area contributed by atoms with E-state index in [1.807, 2.05) is 48.5 Å². The smallest absolute Gasteiger partial charge is 0.407 e. The molecule has 1 heterocycles. The van der Waals surface area contributed by atoms with E-state index in [2.05, 4.69) is 10.6 Å². The zero-order valence-electron chi connectivity index (χ0n) is 19.4. The number of aliphatic carboxylic acids is 1. The Morgan fingerprint density at radius 3 is 2.23 bits per heavy atom. The molecule has 4 N–H and O–H groups in total. The first-order valence-corrected chi connectivity index (χ1v) is 12.9. The van der Waals surface area contributed by atoms with Crippen molar-refractivity contribution < 1.29 is 29.3 Å². The number of hydrogen-bond acceptors (Lipinski definition) is 6. The molecule has 8 nitrogen and oxygen atoms in total. The van der Waals surface area contributed by atoms with E-state index in [4.69, 9.17) is 9.84 Å². The number of rotatable bonds is 9. The van der Waals surface area contributed by atoms with Gasteiger partial charge in [-0.15, -0.1) is 0 Å². The van der Waals surface area contributed by atoms with Crippen molar-refractivity contribution in [2.24, 2.45) is 0 Å². The monoisotopic (exact) mass is 498 g/mol. The first-order chi connectivity index (χ1) is 16.9. The molecule has 0 spiro atoms. The number of carbonyl (C=O) groups is 3. The third-order valence-corrected chi connectivity index (χ3v) is 7.60. The van der Waals surface area contributed by atoms with Gasteiger partial charge in [0, 0.05) is 18.9 Å². The van der Waals surface area contributed by atoms with Crippen molar-refractivity contribution in [3.05, 3.63) is 59.7 Å². The van der Waals surface area contributed by atoms with Crippen LogP contribution < -0.4 is 10.6 Å². The highest BCUT2D eigenvalue weighted by Crippen LogP contribution is 2.44. The molecule has 1 aliphatic carbocycles. The van der Waals surface area contributed by atoms with Gasteiger partial charge in [-0.2, -0.15) is 11.8 Å². The van der Waals surface area contributed by atoms with Crippen molar-refractivity contribution in [3.63, 3.8) is 0 Å². The molecular formula is C26H30N2O6S. The van der Waals surface area contributed by atoms with Crippen LogP contribution >= 0.6 is 11.8 Å². The van der Waals surface area contributed by atoms with Crippen LogP contribution in [-0.4, -0.2) is 64.5 Å². The van der Waals surface area contributed by atoms with Crippen LogP contribution in [0.5, 0.6) is 0 Å². The predicted molar refractivity (Wildman–Crippen MR) is 133 cm³/mol. The summed E-state index contributed by atoms with van der Waals surface area (Å²) in [5.74, 6) is -0.107. The van der Waals surface area contributed by atoms with Gasteiger partial charge < -0.3 is 25.6 Å². The molecule has 1 aliphatic heterocycles. The Labute approximate surface area is 208 Å². The number of ether oxygens (including phenoxy) is 1. The van der Waals surface area contributed by atoms with Crippen molar-refractivity contribution >= 4 is 29.7 Å². The topological polar surface area (TPSA) is 125 Å². The Bertz CT molecular complexity index is 1040. The fourth-order valence-electron chi connectivity index (χ4n) is 4.62. The van der Waals surface area contributed by atoms with Gasteiger partial charge in [0.25, 0.3) is 0 Å². The van der Waals surface area contributed by atoms with Gasteiger partial charge in [-0.1, -0.05) is 48.5 Å². The van der Waals surface area contributed by atoms with Crippen molar-refractivity contribution in [2.75, 3.05) is 24.7 Å². The average molecular weight is 499 g/mol. The highest BCUT2D eigenvalue weighted by Gasteiger charge is 2.32. The molecule has 2 aromatic rings. The number of fused-ring (bicyclic) bond motifs is 3. The first-order valence-electron chi connectivity index (χ1n) is 11.8. The van der Waals surface area contributed by atoms with Crippen LogP contribution in [0, 0.1) is 0 Å². The summed E-state index contributed by atoms with van der Waals surface area (Å²) in [7, 11) is 0. The van der Waals surface area contributed by atoms with Crippen LogP contribution in [0.4, 0.5) is 4.79 Å². The summed E-state index contributed by atoms with van der Waals surface area (Å²) >= 11 is 1.75. The Hall–Kier alpha value is -3.04. The van der Waals surface area contributed by atoms with E-state index >= 15 is 0 Å². The van der Waals surface area contributed by atoms with E-state index in [1.165, 1.54) is 0 Å². The van der Waals surface area contributed by atoms with Crippen LogP contribution in [0.2, 0.25) is 0 Å². The second kappa shape index (κ2) is 11.1. The van der Waals surface area contributed by atoms with Gasteiger partial charge in [-0.05, 0) is 53.0 Å². The fraction of sp³-hybridized carbons (Fsp3) is 0.423. The largest absolute Gasteiger partial charge is 0.481 e. The molecule has 0 radical (unpaired) electrons. The Kier molecular flexibility index (Phi) is 7.97. The maximum Gasteiger partial charge on any atom is 0.407 e. The summed E-state index contributed by atoms with van der Waals surface area (Å²) < 4.78 is 5.51. The van der Waals surface area contributed by atoms with Crippen molar-refractivity contribution in [1.29, 1.82) is 0 Å². The number of nitrogens with one attached hydrogen (secondary N) is 2. The maximum absolute atomic E-state index is 12.8. The fourth-order valence-corrected chi connectivity index (χ4v) is 5.87. The third kappa shape index (κ3) is 6.15. The molecule has 186 valence electrons. The van der Waals surface area contributed by atoms with Crippen molar-refractivity contribution in [1.82, 2.24) is 10.6 Å². The minimum Gasteiger partial charge on any atom is -0.481 e. The lowest BCUT2D eigenvalue weighted by Crippen LogP contribution is -2.52. The molecule has 4 rings (SSSR count). The summed E-state index contributed by atoms with van der Waals surface area (Å²) in [6.45, 7) is 0.146. The average Bonchev–Trinajstić information content (AvgIpc) is 3.18.